The van der Waals surface area contributed by atoms with Gasteiger partial charge in [-0.05, 0) is 24.8 Å². The SMILES string of the molecule is CC(C)[C@](C)(O)C(=O)O[C@@H]1CCN2CC=C(CO)[C@@H]12. The van der Waals surface area contributed by atoms with E-state index in [9.17, 15) is 15.0 Å². The second kappa shape index (κ2) is 5.23. The third kappa shape index (κ3) is 2.55. The van der Waals surface area contributed by atoms with Crippen LogP contribution >= 0.6 is 0 Å². The molecule has 1 fully saturated rings. The molecule has 5 heteroatoms. The Morgan fingerprint density at radius 3 is 2.89 bits per heavy atom. The molecular formula is C14H23NO4. The van der Waals surface area contributed by atoms with E-state index in [1.807, 2.05) is 6.08 Å². The highest BCUT2D eigenvalue weighted by Gasteiger charge is 2.44. The largest absolute Gasteiger partial charge is 0.458 e. The predicted octanol–water partition coefficient (Wildman–Crippen LogP) is 0.312. The van der Waals surface area contributed by atoms with Crippen LogP contribution in [0.4, 0.5) is 0 Å². The fourth-order valence-electron chi connectivity index (χ4n) is 2.63. The van der Waals surface area contributed by atoms with Crippen LogP contribution in [0.15, 0.2) is 11.6 Å². The van der Waals surface area contributed by atoms with Crippen molar-refractivity contribution in [3.05, 3.63) is 11.6 Å². The van der Waals surface area contributed by atoms with Crippen molar-refractivity contribution in [1.82, 2.24) is 4.90 Å². The Kier molecular flexibility index (Phi) is 3.99. The number of hydrogen-bond donors (Lipinski definition) is 2. The molecule has 2 N–H and O–H groups in total. The summed E-state index contributed by atoms with van der Waals surface area (Å²) in [6.45, 7) is 6.72. The van der Waals surface area contributed by atoms with Crippen molar-refractivity contribution in [3.8, 4) is 0 Å². The zero-order valence-electron chi connectivity index (χ0n) is 11.8. The van der Waals surface area contributed by atoms with Gasteiger partial charge in [0, 0.05) is 13.1 Å². The highest BCUT2D eigenvalue weighted by atomic mass is 16.6. The van der Waals surface area contributed by atoms with Gasteiger partial charge in [-0.1, -0.05) is 19.9 Å². The van der Waals surface area contributed by atoms with Crippen molar-refractivity contribution in [2.45, 2.75) is 44.9 Å². The van der Waals surface area contributed by atoms with E-state index in [0.29, 0.717) is 0 Å². The summed E-state index contributed by atoms with van der Waals surface area (Å²) in [7, 11) is 0. The number of rotatable bonds is 4. The topological polar surface area (TPSA) is 70.0 Å². The van der Waals surface area contributed by atoms with Crippen LogP contribution in [0.25, 0.3) is 0 Å². The molecule has 5 nitrogen and oxygen atoms in total. The maximum Gasteiger partial charge on any atom is 0.338 e. The fraction of sp³-hybridized carbons (Fsp3) is 0.786. The molecule has 0 aromatic carbocycles. The Hall–Kier alpha value is -0.910. The molecule has 0 aromatic rings. The molecule has 0 aliphatic carbocycles. The summed E-state index contributed by atoms with van der Waals surface area (Å²) in [5, 5.41) is 19.5. The molecule has 0 bridgehead atoms. The summed E-state index contributed by atoms with van der Waals surface area (Å²) in [4.78, 5) is 14.3. The second-order valence-corrected chi connectivity index (χ2v) is 5.91. The molecule has 108 valence electrons. The second-order valence-electron chi connectivity index (χ2n) is 5.91. The Labute approximate surface area is 113 Å². The standard InChI is InChI=1S/C14H23NO4/c1-9(2)14(3,18)13(17)19-11-5-7-15-6-4-10(8-16)12(11)15/h4,9,11-12,16,18H,5-8H2,1-3H3/t11-,12+,14+/m1/s1. The molecule has 0 amide bonds. The Morgan fingerprint density at radius 2 is 2.32 bits per heavy atom. The van der Waals surface area contributed by atoms with Crippen molar-refractivity contribution >= 4 is 5.97 Å². The average Bonchev–Trinajstić information content (AvgIpc) is 2.91. The van der Waals surface area contributed by atoms with Crippen LogP contribution in [0.5, 0.6) is 0 Å². The third-order valence-electron chi connectivity index (χ3n) is 4.39. The van der Waals surface area contributed by atoms with E-state index >= 15 is 0 Å². The molecule has 0 radical (unpaired) electrons. The van der Waals surface area contributed by atoms with Gasteiger partial charge in [0.2, 0.25) is 0 Å². The summed E-state index contributed by atoms with van der Waals surface area (Å²) in [6.07, 6.45) is 2.48. The molecule has 2 aliphatic rings. The molecule has 0 unspecified atom stereocenters. The lowest BCUT2D eigenvalue weighted by Crippen LogP contribution is -2.45. The fourth-order valence-corrected chi connectivity index (χ4v) is 2.63. The monoisotopic (exact) mass is 269 g/mol. The highest BCUT2D eigenvalue weighted by Crippen LogP contribution is 2.32. The minimum absolute atomic E-state index is 0.00418. The number of carbonyl (C=O) groups is 1. The van der Waals surface area contributed by atoms with E-state index in [0.717, 1.165) is 25.1 Å². The molecule has 2 aliphatic heterocycles. The van der Waals surface area contributed by atoms with Gasteiger partial charge in [0.25, 0.3) is 0 Å². The van der Waals surface area contributed by atoms with E-state index in [-0.39, 0.29) is 24.7 Å². The lowest BCUT2D eigenvalue weighted by molar-refractivity contribution is -0.174. The maximum absolute atomic E-state index is 12.1. The molecule has 2 heterocycles. The van der Waals surface area contributed by atoms with Crippen molar-refractivity contribution in [1.29, 1.82) is 0 Å². The summed E-state index contributed by atoms with van der Waals surface area (Å²) < 4.78 is 5.50. The van der Waals surface area contributed by atoms with E-state index in [4.69, 9.17) is 4.74 Å². The van der Waals surface area contributed by atoms with Crippen molar-refractivity contribution in [3.63, 3.8) is 0 Å². The number of hydrogen-bond acceptors (Lipinski definition) is 5. The number of nitrogens with zero attached hydrogens (tertiary/aromatic N) is 1. The third-order valence-corrected chi connectivity index (χ3v) is 4.39. The number of fused-ring (bicyclic) bond motifs is 1. The van der Waals surface area contributed by atoms with Gasteiger partial charge < -0.3 is 14.9 Å². The van der Waals surface area contributed by atoms with Crippen LogP contribution in [-0.2, 0) is 9.53 Å². The first-order valence-corrected chi connectivity index (χ1v) is 6.85. The minimum atomic E-state index is -1.46. The molecule has 19 heavy (non-hydrogen) atoms. The van der Waals surface area contributed by atoms with Crippen molar-refractivity contribution < 1.29 is 19.7 Å². The highest BCUT2D eigenvalue weighted by molar-refractivity contribution is 5.79. The van der Waals surface area contributed by atoms with Gasteiger partial charge >= 0.3 is 5.97 Å². The van der Waals surface area contributed by atoms with Crippen molar-refractivity contribution in [2.75, 3.05) is 19.7 Å². The number of ether oxygens (including phenoxy) is 1. The van der Waals surface area contributed by atoms with Gasteiger partial charge in [0.1, 0.15) is 6.10 Å². The number of esters is 1. The van der Waals surface area contributed by atoms with Gasteiger partial charge in [-0.2, -0.15) is 0 Å². The molecule has 2 rings (SSSR count). The summed E-state index contributed by atoms with van der Waals surface area (Å²) in [6, 6.07) is -0.0167. The first kappa shape index (κ1) is 14.5. The lowest BCUT2D eigenvalue weighted by Gasteiger charge is -2.29. The first-order chi connectivity index (χ1) is 8.87. The van der Waals surface area contributed by atoms with Crippen LogP contribution in [0, 0.1) is 5.92 Å². The zero-order chi connectivity index (χ0) is 14.2. The molecule has 0 saturated carbocycles. The normalized spacial score (nSPS) is 30.1. The van der Waals surface area contributed by atoms with Gasteiger partial charge in [-0.3, -0.25) is 4.90 Å². The molecule has 1 saturated heterocycles. The summed E-state index contributed by atoms with van der Waals surface area (Å²) >= 11 is 0. The zero-order valence-corrected chi connectivity index (χ0v) is 11.8. The number of aliphatic hydroxyl groups excluding tert-OH is 1. The minimum Gasteiger partial charge on any atom is -0.458 e. The van der Waals surface area contributed by atoms with Crippen LogP contribution in [-0.4, -0.2) is 58.5 Å². The molecular weight excluding hydrogens is 246 g/mol. The number of carbonyl (C=O) groups excluding carboxylic acids is 1. The molecule has 0 aromatic heterocycles. The molecule has 0 spiro atoms. The Morgan fingerprint density at radius 1 is 1.63 bits per heavy atom. The first-order valence-electron chi connectivity index (χ1n) is 6.85. The quantitative estimate of drug-likeness (QED) is 0.568. The van der Waals surface area contributed by atoms with Crippen LogP contribution in [0.1, 0.15) is 27.2 Å². The van der Waals surface area contributed by atoms with Gasteiger partial charge in [0.05, 0.1) is 12.6 Å². The maximum atomic E-state index is 12.1. The van der Waals surface area contributed by atoms with E-state index in [1.54, 1.807) is 13.8 Å². The Bertz CT molecular complexity index is 389. The van der Waals surface area contributed by atoms with Crippen LogP contribution in [0.3, 0.4) is 0 Å². The summed E-state index contributed by atoms with van der Waals surface area (Å²) in [5.74, 6) is -0.771. The predicted molar refractivity (Wildman–Crippen MR) is 70.5 cm³/mol. The van der Waals surface area contributed by atoms with Gasteiger partial charge in [0.15, 0.2) is 5.60 Å². The van der Waals surface area contributed by atoms with Crippen molar-refractivity contribution in [2.24, 2.45) is 5.92 Å². The lowest BCUT2D eigenvalue weighted by atomic mass is 9.92. The van der Waals surface area contributed by atoms with E-state index in [1.165, 1.54) is 6.92 Å². The smallest absolute Gasteiger partial charge is 0.338 e. The Balaban J connectivity index is 2.04. The summed E-state index contributed by atoms with van der Waals surface area (Å²) in [5.41, 5.74) is -0.547. The van der Waals surface area contributed by atoms with Crippen LogP contribution < -0.4 is 0 Å². The molecule has 3 atom stereocenters. The van der Waals surface area contributed by atoms with E-state index < -0.39 is 11.6 Å². The van der Waals surface area contributed by atoms with Crippen LogP contribution in [0.2, 0.25) is 0 Å². The number of aliphatic hydroxyl groups is 2. The average molecular weight is 269 g/mol. The van der Waals surface area contributed by atoms with E-state index in [2.05, 4.69) is 4.90 Å². The van der Waals surface area contributed by atoms with Gasteiger partial charge in [-0.15, -0.1) is 0 Å². The van der Waals surface area contributed by atoms with Gasteiger partial charge in [-0.25, -0.2) is 4.79 Å².